The molecular formula is C17H20N2O2S. The summed E-state index contributed by atoms with van der Waals surface area (Å²) in [6, 6.07) is 9.49. The molecule has 0 spiro atoms. The molecule has 1 aromatic carbocycles. The number of thiophene rings is 1. The SMILES string of the molecule is Cc1ccc(C(=O)NCCNC(=O)Cc2cccs2)cc1C. The van der Waals surface area contributed by atoms with E-state index in [0.29, 0.717) is 25.1 Å². The van der Waals surface area contributed by atoms with Crippen LogP contribution in [0.4, 0.5) is 0 Å². The van der Waals surface area contributed by atoms with E-state index in [1.54, 1.807) is 11.3 Å². The normalized spacial score (nSPS) is 10.3. The summed E-state index contributed by atoms with van der Waals surface area (Å²) in [6.07, 6.45) is 0.392. The lowest BCUT2D eigenvalue weighted by Crippen LogP contribution is -2.35. The van der Waals surface area contributed by atoms with Crippen molar-refractivity contribution in [1.29, 1.82) is 0 Å². The average molecular weight is 316 g/mol. The van der Waals surface area contributed by atoms with Crippen LogP contribution in [0.25, 0.3) is 0 Å². The molecule has 0 aliphatic carbocycles. The van der Waals surface area contributed by atoms with Gasteiger partial charge in [-0.25, -0.2) is 0 Å². The molecule has 0 unspecified atom stereocenters. The van der Waals surface area contributed by atoms with Gasteiger partial charge in [0.1, 0.15) is 0 Å². The first-order valence-electron chi connectivity index (χ1n) is 7.21. The van der Waals surface area contributed by atoms with E-state index in [1.165, 1.54) is 0 Å². The Morgan fingerprint density at radius 1 is 1.05 bits per heavy atom. The third kappa shape index (κ3) is 4.70. The molecule has 2 N–H and O–H groups in total. The fraction of sp³-hybridized carbons (Fsp3) is 0.294. The Kier molecular flexibility index (Phi) is 5.72. The zero-order chi connectivity index (χ0) is 15.9. The number of nitrogens with one attached hydrogen (secondary N) is 2. The van der Waals surface area contributed by atoms with Gasteiger partial charge in [0.15, 0.2) is 0 Å². The molecule has 0 atom stereocenters. The highest BCUT2D eigenvalue weighted by Crippen LogP contribution is 2.10. The molecule has 1 heterocycles. The topological polar surface area (TPSA) is 58.2 Å². The summed E-state index contributed by atoms with van der Waals surface area (Å²) in [4.78, 5) is 24.7. The van der Waals surface area contributed by atoms with E-state index in [4.69, 9.17) is 0 Å². The maximum absolute atomic E-state index is 12.0. The van der Waals surface area contributed by atoms with Crippen LogP contribution in [-0.2, 0) is 11.2 Å². The Balaban J connectivity index is 1.70. The summed E-state index contributed by atoms with van der Waals surface area (Å²) in [5, 5.41) is 7.56. The number of aryl methyl sites for hydroxylation is 2. The zero-order valence-electron chi connectivity index (χ0n) is 12.8. The van der Waals surface area contributed by atoms with Crippen LogP contribution < -0.4 is 10.6 Å². The van der Waals surface area contributed by atoms with Crippen molar-refractivity contribution in [2.75, 3.05) is 13.1 Å². The van der Waals surface area contributed by atoms with E-state index >= 15 is 0 Å². The Hall–Kier alpha value is -2.14. The number of benzene rings is 1. The van der Waals surface area contributed by atoms with Gasteiger partial charge in [0.25, 0.3) is 5.91 Å². The minimum atomic E-state index is -0.115. The molecule has 0 aliphatic rings. The number of carbonyl (C=O) groups excluding carboxylic acids is 2. The van der Waals surface area contributed by atoms with Crippen LogP contribution in [0.5, 0.6) is 0 Å². The van der Waals surface area contributed by atoms with E-state index in [0.717, 1.165) is 16.0 Å². The zero-order valence-corrected chi connectivity index (χ0v) is 13.6. The van der Waals surface area contributed by atoms with Gasteiger partial charge in [-0.1, -0.05) is 12.1 Å². The quantitative estimate of drug-likeness (QED) is 0.804. The molecule has 0 aliphatic heterocycles. The highest BCUT2D eigenvalue weighted by atomic mass is 32.1. The molecule has 0 bridgehead atoms. The summed E-state index contributed by atoms with van der Waals surface area (Å²) >= 11 is 1.56. The van der Waals surface area contributed by atoms with Crippen LogP contribution >= 0.6 is 11.3 Å². The first-order chi connectivity index (χ1) is 10.6. The number of amides is 2. The van der Waals surface area contributed by atoms with Gasteiger partial charge in [-0.15, -0.1) is 11.3 Å². The maximum atomic E-state index is 12.0. The van der Waals surface area contributed by atoms with Crippen molar-refractivity contribution in [3.63, 3.8) is 0 Å². The third-order valence-electron chi connectivity index (χ3n) is 3.42. The molecule has 0 radical (unpaired) electrons. The van der Waals surface area contributed by atoms with E-state index < -0.39 is 0 Å². The summed E-state index contributed by atoms with van der Waals surface area (Å²) in [6.45, 7) is 4.85. The molecule has 2 amide bonds. The second-order valence-electron chi connectivity index (χ2n) is 5.16. The molecule has 0 saturated carbocycles. The number of hydrogen-bond donors (Lipinski definition) is 2. The van der Waals surface area contributed by atoms with Crippen molar-refractivity contribution >= 4 is 23.2 Å². The molecule has 2 rings (SSSR count). The van der Waals surface area contributed by atoms with E-state index in [9.17, 15) is 9.59 Å². The van der Waals surface area contributed by atoms with Crippen molar-refractivity contribution in [1.82, 2.24) is 10.6 Å². The van der Waals surface area contributed by atoms with Gasteiger partial charge in [0.2, 0.25) is 5.91 Å². The van der Waals surface area contributed by atoms with Crippen molar-refractivity contribution in [3.8, 4) is 0 Å². The fourth-order valence-corrected chi connectivity index (χ4v) is 2.70. The van der Waals surface area contributed by atoms with Crippen LogP contribution in [0.3, 0.4) is 0 Å². The van der Waals surface area contributed by atoms with Crippen molar-refractivity contribution < 1.29 is 9.59 Å². The number of carbonyl (C=O) groups is 2. The van der Waals surface area contributed by atoms with Gasteiger partial charge in [0.05, 0.1) is 6.42 Å². The van der Waals surface area contributed by atoms with Crippen LogP contribution in [0.1, 0.15) is 26.4 Å². The van der Waals surface area contributed by atoms with E-state index in [1.807, 2.05) is 49.6 Å². The summed E-state index contributed by atoms with van der Waals surface area (Å²) in [5.41, 5.74) is 2.90. The lowest BCUT2D eigenvalue weighted by molar-refractivity contribution is -0.120. The molecule has 22 heavy (non-hydrogen) atoms. The second kappa shape index (κ2) is 7.75. The highest BCUT2D eigenvalue weighted by Gasteiger charge is 2.07. The summed E-state index contributed by atoms with van der Waals surface area (Å²) in [5.74, 6) is -0.140. The van der Waals surface area contributed by atoms with Crippen molar-refractivity contribution in [3.05, 3.63) is 57.3 Å². The van der Waals surface area contributed by atoms with Crippen LogP contribution in [0.2, 0.25) is 0 Å². The smallest absolute Gasteiger partial charge is 0.251 e. The first-order valence-corrected chi connectivity index (χ1v) is 8.09. The Bertz CT molecular complexity index is 651. The molecule has 116 valence electrons. The fourth-order valence-electron chi connectivity index (χ4n) is 2.00. The monoisotopic (exact) mass is 316 g/mol. The summed E-state index contributed by atoms with van der Waals surface area (Å²) in [7, 11) is 0. The van der Waals surface area contributed by atoms with E-state index in [-0.39, 0.29) is 11.8 Å². The largest absolute Gasteiger partial charge is 0.354 e. The Morgan fingerprint density at radius 2 is 1.82 bits per heavy atom. The van der Waals surface area contributed by atoms with Crippen molar-refractivity contribution in [2.45, 2.75) is 20.3 Å². The van der Waals surface area contributed by atoms with Gasteiger partial charge in [-0.3, -0.25) is 9.59 Å². The standard InChI is InChI=1S/C17H20N2O2S/c1-12-5-6-14(10-13(12)2)17(21)19-8-7-18-16(20)11-15-4-3-9-22-15/h3-6,9-10H,7-8,11H2,1-2H3,(H,18,20)(H,19,21). The molecule has 0 saturated heterocycles. The average Bonchev–Trinajstić information content (AvgIpc) is 2.99. The number of hydrogen-bond acceptors (Lipinski definition) is 3. The molecule has 1 aromatic heterocycles. The van der Waals surface area contributed by atoms with Gasteiger partial charge < -0.3 is 10.6 Å². The second-order valence-corrected chi connectivity index (χ2v) is 6.19. The molecule has 0 fully saturated rings. The van der Waals surface area contributed by atoms with Gasteiger partial charge in [-0.2, -0.15) is 0 Å². The first kappa shape index (κ1) is 16.2. The third-order valence-corrected chi connectivity index (χ3v) is 4.29. The van der Waals surface area contributed by atoms with Gasteiger partial charge in [-0.05, 0) is 48.6 Å². The predicted octanol–water partition coefficient (Wildman–Crippen LogP) is 2.45. The van der Waals surface area contributed by atoms with E-state index in [2.05, 4.69) is 10.6 Å². The lowest BCUT2D eigenvalue weighted by atomic mass is 10.1. The molecule has 5 heteroatoms. The highest BCUT2D eigenvalue weighted by molar-refractivity contribution is 7.10. The minimum Gasteiger partial charge on any atom is -0.354 e. The predicted molar refractivity (Wildman–Crippen MR) is 89.3 cm³/mol. The Labute approximate surface area is 134 Å². The Morgan fingerprint density at radius 3 is 2.50 bits per heavy atom. The van der Waals surface area contributed by atoms with Crippen LogP contribution in [0.15, 0.2) is 35.7 Å². The van der Waals surface area contributed by atoms with Crippen LogP contribution in [-0.4, -0.2) is 24.9 Å². The van der Waals surface area contributed by atoms with Gasteiger partial charge >= 0.3 is 0 Å². The minimum absolute atomic E-state index is 0.0251. The van der Waals surface area contributed by atoms with Crippen molar-refractivity contribution in [2.24, 2.45) is 0 Å². The van der Waals surface area contributed by atoms with Crippen LogP contribution in [0, 0.1) is 13.8 Å². The van der Waals surface area contributed by atoms with Gasteiger partial charge in [0, 0.05) is 23.5 Å². The maximum Gasteiger partial charge on any atom is 0.251 e. The molecule has 4 nitrogen and oxygen atoms in total. The molecule has 2 aromatic rings. The number of rotatable bonds is 6. The molecular weight excluding hydrogens is 296 g/mol. The lowest BCUT2D eigenvalue weighted by Gasteiger charge is -2.08. The summed E-state index contributed by atoms with van der Waals surface area (Å²) < 4.78 is 0.